The van der Waals surface area contributed by atoms with Crippen LogP contribution in [-0.4, -0.2) is 14.5 Å². The molecule has 0 saturated carbocycles. The zero-order chi connectivity index (χ0) is 14.8. The minimum absolute atomic E-state index is 0.406. The number of nitrogen functional groups attached to an aromatic ring is 1. The molecule has 6 heteroatoms. The summed E-state index contributed by atoms with van der Waals surface area (Å²) in [4.78, 5) is 8.15. The molecule has 0 bridgehead atoms. The predicted octanol–water partition coefficient (Wildman–Crippen LogP) is 3.04. The largest absolute Gasteiger partial charge is 0.384 e. The second-order valence-corrected chi connectivity index (χ2v) is 4.80. The fraction of sp³-hybridized carbons (Fsp3) is 0. The van der Waals surface area contributed by atoms with Crippen LogP contribution in [-0.2, 0) is 0 Å². The van der Waals surface area contributed by atoms with Crippen LogP contribution >= 0.6 is 11.6 Å². The minimum Gasteiger partial charge on any atom is -0.384 e. The summed E-state index contributed by atoms with van der Waals surface area (Å²) in [7, 11) is 0. The van der Waals surface area contributed by atoms with Gasteiger partial charge in [-0.1, -0.05) is 11.6 Å². The Morgan fingerprint density at radius 2 is 2.10 bits per heavy atom. The monoisotopic (exact) mass is 295 g/mol. The van der Waals surface area contributed by atoms with Crippen LogP contribution < -0.4 is 5.73 Å². The Balaban J connectivity index is 2.11. The van der Waals surface area contributed by atoms with Crippen LogP contribution in [0.4, 0.5) is 5.82 Å². The summed E-state index contributed by atoms with van der Waals surface area (Å²) in [5.41, 5.74) is 8.75. The number of nitriles is 1. The highest BCUT2D eigenvalue weighted by Gasteiger charge is 2.09. The van der Waals surface area contributed by atoms with Gasteiger partial charge in [-0.05, 0) is 30.3 Å². The quantitative estimate of drug-likeness (QED) is 0.788. The SMILES string of the molecule is N#Cc1ccc(-n2cncc2-c2ccnc(N)c2)cc1Cl. The Hall–Kier alpha value is -2.84. The van der Waals surface area contributed by atoms with Crippen LogP contribution in [0.15, 0.2) is 49.1 Å². The molecule has 2 N–H and O–H groups in total. The summed E-state index contributed by atoms with van der Waals surface area (Å²) in [5, 5.41) is 9.33. The van der Waals surface area contributed by atoms with Gasteiger partial charge in [-0.2, -0.15) is 5.26 Å². The summed E-state index contributed by atoms with van der Waals surface area (Å²) < 4.78 is 1.88. The standard InChI is InChI=1S/C15H10ClN5/c16-13-6-12(2-1-11(13)7-17)21-9-19-8-14(21)10-3-4-20-15(18)5-10/h1-6,8-9H,(H2,18,20). The van der Waals surface area contributed by atoms with Crippen LogP contribution in [0.2, 0.25) is 5.02 Å². The van der Waals surface area contributed by atoms with E-state index in [-0.39, 0.29) is 0 Å². The molecule has 0 saturated heterocycles. The second-order valence-electron chi connectivity index (χ2n) is 4.39. The van der Waals surface area contributed by atoms with Crippen molar-refractivity contribution >= 4 is 17.4 Å². The molecule has 3 aromatic rings. The van der Waals surface area contributed by atoms with E-state index in [0.717, 1.165) is 16.9 Å². The lowest BCUT2D eigenvalue weighted by Crippen LogP contribution is -1.97. The van der Waals surface area contributed by atoms with E-state index in [0.29, 0.717) is 16.4 Å². The summed E-state index contributed by atoms with van der Waals surface area (Å²) in [6.07, 6.45) is 5.07. The molecular formula is C15H10ClN5. The van der Waals surface area contributed by atoms with Gasteiger partial charge < -0.3 is 5.73 Å². The highest BCUT2D eigenvalue weighted by atomic mass is 35.5. The van der Waals surface area contributed by atoms with Crippen LogP contribution in [0, 0.1) is 11.3 Å². The zero-order valence-electron chi connectivity index (χ0n) is 10.9. The highest BCUT2D eigenvalue weighted by Crippen LogP contribution is 2.26. The smallest absolute Gasteiger partial charge is 0.123 e. The van der Waals surface area contributed by atoms with Crippen molar-refractivity contribution in [2.45, 2.75) is 0 Å². The van der Waals surface area contributed by atoms with Gasteiger partial charge in [0.25, 0.3) is 0 Å². The average Bonchev–Trinajstić information content (AvgIpc) is 2.96. The fourth-order valence-corrected chi connectivity index (χ4v) is 2.28. The number of hydrogen-bond acceptors (Lipinski definition) is 4. The number of aromatic nitrogens is 3. The van der Waals surface area contributed by atoms with Crippen LogP contribution in [0.5, 0.6) is 0 Å². The first kappa shape index (κ1) is 13.2. The Bertz CT molecular complexity index is 847. The lowest BCUT2D eigenvalue weighted by molar-refractivity contribution is 1.06. The Labute approximate surface area is 126 Å². The van der Waals surface area contributed by atoms with Gasteiger partial charge in [0.1, 0.15) is 11.9 Å². The average molecular weight is 296 g/mol. The molecular weight excluding hydrogens is 286 g/mol. The molecule has 2 aromatic heterocycles. The third-order valence-corrected chi connectivity index (χ3v) is 3.38. The molecule has 0 unspecified atom stereocenters. The molecule has 21 heavy (non-hydrogen) atoms. The van der Waals surface area contributed by atoms with Crippen molar-refractivity contribution in [3.8, 4) is 23.0 Å². The van der Waals surface area contributed by atoms with Crippen molar-refractivity contribution in [1.29, 1.82) is 5.26 Å². The lowest BCUT2D eigenvalue weighted by Gasteiger charge is -2.09. The minimum atomic E-state index is 0.406. The Morgan fingerprint density at radius 3 is 2.81 bits per heavy atom. The Kier molecular flexibility index (Phi) is 3.30. The number of hydrogen-bond donors (Lipinski definition) is 1. The summed E-state index contributed by atoms with van der Waals surface area (Å²) in [6, 6.07) is 10.9. The first-order valence-corrected chi connectivity index (χ1v) is 6.51. The third-order valence-electron chi connectivity index (χ3n) is 3.07. The molecule has 3 rings (SSSR count). The van der Waals surface area contributed by atoms with E-state index in [4.69, 9.17) is 22.6 Å². The van der Waals surface area contributed by atoms with Crippen LogP contribution in [0.25, 0.3) is 16.9 Å². The van der Waals surface area contributed by atoms with Crippen LogP contribution in [0.3, 0.4) is 0 Å². The van der Waals surface area contributed by atoms with Crippen molar-refractivity contribution in [3.63, 3.8) is 0 Å². The van der Waals surface area contributed by atoms with Gasteiger partial charge in [-0.3, -0.25) is 4.57 Å². The number of imidazole rings is 1. The number of anilines is 1. The molecule has 2 heterocycles. The molecule has 0 fully saturated rings. The summed E-state index contributed by atoms with van der Waals surface area (Å²) >= 11 is 6.08. The number of halogens is 1. The van der Waals surface area contributed by atoms with Crippen molar-refractivity contribution < 1.29 is 0 Å². The maximum absolute atomic E-state index is 8.93. The molecule has 0 spiro atoms. The van der Waals surface area contributed by atoms with Crippen molar-refractivity contribution in [3.05, 3.63) is 59.6 Å². The third kappa shape index (κ3) is 2.45. The van der Waals surface area contributed by atoms with Gasteiger partial charge >= 0.3 is 0 Å². The zero-order valence-corrected chi connectivity index (χ0v) is 11.6. The number of rotatable bonds is 2. The number of nitrogens with two attached hydrogens (primary N) is 1. The van der Waals surface area contributed by atoms with Crippen molar-refractivity contribution in [2.75, 3.05) is 5.73 Å². The van der Waals surface area contributed by atoms with E-state index in [9.17, 15) is 0 Å². The van der Waals surface area contributed by atoms with Crippen molar-refractivity contribution in [2.24, 2.45) is 0 Å². The van der Waals surface area contributed by atoms with E-state index < -0.39 is 0 Å². The first-order chi connectivity index (χ1) is 10.2. The number of nitrogens with zero attached hydrogens (tertiary/aromatic N) is 4. The maximum atomic E-state index is 8.93. The van der Waals surface area contributed by atoms with E-state index in [1.54, 1.807) is 36.9 Å². The normalized spacial score (nSPS) is 10.3. The maximum Gasteiger partial charge on any atom is 0.123 e. The van der Waals surface area contributed by atoms with E-state index in [1.807, 2.05) is 22.8 Å². The van der Waals surface area contributed by atoms with Gasteiger partial charge in [-0.15, -0.1) is 0 Å². The van der Waals surface area contributed by atoms with E-state index in [1.165, 1.54) is 0 Å². The molecule has 0 amide bonds. The van der Waals surface area contributed by atoms with Crippen LogP contribution in [0.1, 0.15) is 5.56 Å². The molecule has 0 aliphatic heterocycles. The van der Waals surface area contributed by atoms with E-state index >= 15 is 0 Å². The molecule has 0 atom stereocenters. The molecule has 5 nitrogen and oxygen atoms in total. The highest BCUT2D eigenvalue weighted by molar-refractivity contribution is 6.31. The summed E-state index contributed by atoms with van der Waals surface area (Å²) in [5.74, 6) is 0.443. The Morgan fingerprint density at radius 1 is 1.24 bits per heavy atom. The second kappa shape index (κ2) is 5.27. The molecule has 1 aromatic carbocycles. The van der Waals surface area contributed by atoms with Gasteiger partial charge in [0.15, 0.2) is 0 Å². The topological polar surface area (TPSA) is 80.5 Å². The van der Waals surface area contributed by atoms with Gasteiger partial charge in [0, 0.05) is 17.4 Å². The number of benzene rings is 1. The van der Waals surface area contributed by atoms with Crippen molar-refractivity contribution in [1.82, 2.24) is 14.5 Å². The summed E-state index contributed by atoms with van der Waals surface area (Å²) in [6.45, 7) is 0. The fourth-order valence-electron chi connectivity index (χ4n) is 2.07. The molecule has 0 aliphatic rings. The lowest BCUT2D eigenvalue weighted by atomic mass is 10.2. The molecule has 0 radical (unpaired) electrons. The molecule has 102 valence electrons. The predicted molar refractivity (Wildman–Crippen MR) is 80.9 cm³/mol. The van der Waals surface area contributed by atoms with Gasteiger partial charge in [0.05, 0.1) is 28.8 Å². The number of pyridine rings is 1. The molecule has 0 aliphatic carbocycles. The first-order valence-electron chi connectivity index (χ1n) is 6.13. The van der Waals surface area contributed by atoms with E-state index in [2.05, 4.69) is 9.97 Å². The van der Waals surface area contributed by atoms with Gasteiger partial charge in [-0.25, -0.2) is 9.97 Å². The van der Waals surface area contributed by atoms with Gasteiger partial charge in [0.2, 0.25) is 0 Å².